The first-order valence-corrected chi connectivity index (χ1v) is 7.55. The quantitative estimate of drug-likeness (QED) is 0.706. The molecule has 2 nitrogen and oxygen atoms in total. The van der Waals surface area contributed by atoms with Crippen LogP contribution in [0.1, 0.15) is 56.1 Å². The fourth-order valence-electron chi connectivity index (χ4n) is 2.51. The van der Waals surface area contributed by atoms with E-state index in [-0.39, 0.29) is 6.29 Å². The first-order valence-electron chi connectivity index (χ1n) is 7.55. The lowest BCUT2D eigenvalue weighted by atomic mass is 9.96. The van der Waals surface area contributed by atoms with E-state index in [0.29, 0.717) is 5.92 Å². The fourth-order valence-corrected chi connectivity index (χ4v) is 2.51. The van der Waals surface area contributed by atoms with Gasteiger partial charge in [-0.05, 0) is 50.5 Å². The minimum Gasteiger partial charge on any atom is -0.353 e. The summed E-state index contributed by atoms with van der Waals surface area (Å²) in [6, 6.07) is 8.87. The van der Waals surface area contributed by atoms with Crippen LogP contribution in [0.25, 0.3) is 0 Å². The average Bonchev–Trinajstić information content (AvgIpc) is 2.45. The van der Waals surface area contributed by atoms with Gasteiger partial charge in [0, 0.05) is 13.2 Å². The monoisotopic (exact) mass is 262 g/mol. The molecule has 0 N–H and O–H groups in total. The fraction of sp³-hybridized carbons (Fsp3) is 0.647. The van der Waals surface area contributed by atoms with Crippen LogP contribution < -0.4 is 0 Å². The molecule has 2 heteroatoms. The summed E-state index contributed by atoms with van der Waals surface area (Å²) in [5.74, 6) is 0.608. The van der Waals surface area contributed by atoms with E-state index in [4.69, 9.17) is 9.47 Å². The molecule has 0 spiro atoms. The first kappa shape index (κ1) is 14.5. The maximum Gasteiger partial charge on any atom is 0.157 e. The predicted octanol–water partition coefficient (Wildman–Crippen LogP) is 4.42. The van der Waals surface area contributed by atoms with Gasteiger partial charge in [-0.25, -0.2) is 0 Å². The van der Waals surface area contributed by atoms with Crippen molar-refractivity contribution in [1.29, 1.82) is 0 Å². The first-order chi connectivity index (χ1) is 9.25. The summed E-state index contributed by atoms with van der Waals surface area (Å²) < 4.78 is 11.3. The molecule has 0 aliphatic carbocycles. The van der Waals surface area contributed by atoms with E-state index in [1.807, 2.05) is 0 Å². The zero-order valence-corrected chi connectivity index (χ0v) is 12.2. The lowest BCUT2D eigenvalue weighted by molar-refractivity contribution is -0.162. The van der Waals surface area contributed by atoms with Gasteiger partial charge in [-0.3, -0.25) is 0 Å². The molecular weight excluding hydrogens is 236 g/mol. The summed E-state index contributed by atoms with van der Waals surface area (Å²) in [4.78, 5) is 0. The van der Waals surface area contributed by atoms with E-state index >= 15 is 0 Å². The highest BCUT2D eigenvalue weighted by atomic mass is 16.7. The second-order valence-corrected chi connectivity index (χ2v) is 5.62. The second-order valence-electron chi connectivity index (χ2n) is 5.62. The molecule has 0 amide bonds. The standard InChI is InChI=1S/C17H26O2/c1-14-8-10-16(11-9-14)15(2)6-5-13-19-17-7-3-4-12-18-17/h8-11,15,17H,3-7,12-13H2,1-2H3. The number of rotatable bonds is 6. The molecule has 1 aromatic carbocycles. The Morgan fingerprint density at radius 3 is 2.74 bits per heavy atom. The van der Waals surface area contributed by atoms with Crippen LogP contribution in [-0.2, 0) is 9.47 Å². The number of aryl methyl sites for hydroxylation is 1. The highest BCUT2D eigenvalue weighted by Gasteiger charge is 2.13. The molecule has 1 heterocycles. The van der Waals surface area contributed by atoms with Gasteiger partial charge >= 0.3 is 0 Å². The van der Waals surface area contributed by atoms with Crippen LogP contribution in [0.15, 0.2) is 24.3 Å². The van der Waals surface area contributed by atoms with Crippen molar-refractivity contribution < 1.29 is 9.47 Å². The Labute approximate surface area is 117 Å². The summed E-state index contributed by atoms with van der Waals surface area (Å²) in [6.07, 6.45) is 5.83. The highest BCUT2D eigenvalue weighted by molar-refractivity contribution is 5.23. The molecule has 1 aliphatic rings. The Hall–Kier alpha value is -0.860. The van der Waals surface area contributed by atoms with E-state index in [9.17, 15) is 0 Å². The van der Waals surface area contributed by atoms with Crippen LogP contribution in [0, 0.1) is 6.92 Å². The van der Waals surface area contributed by atoms with Crippen molar-refractivity contribution in [1.82, 2.24) is 0 Å². The van der Waals surface area contributed by atoms with Crippen LogP contribution >= 0.6 is 0 Å². The molecule has 106 valence electrons. The third-order valence-electron chi connectivity index (χ3n) is 3.87. The van der Waals surface area contributed by atoms with E-state index in [0.717, 1.165) is 26.1 Å². The van der Waals surface area contributed by atoms with Crippen LogP contribution in [0.3, 0.4) is 0 Å². The van der Waals surface area contributed by atoms with Gasteiger partial charge in [-0.2, -0.15) is 0 Å². The lowest BCUT2D eigenvalue weighted by Gasteiger charge is -2.23. The molecule has 1 fully saturated rings. The molecule has 1 aliphatic heterocycles. The molecule has 19 heavy (non-hydrogen) atoms. The largest absolute Gasteiger partial charge is 0.353 e. The normalized spacial score (nSPS) is 21.3. The highest BCUT2D eigenvalue weighted by Crippen LogP contribution is 2.21. The van der Waals surface area contributed by atoms with E-state index in [1.165, 1.54) is 30.4 Å². The maximum absolute atomic E-state index is 5.77. The maximum atomic E-state index is 5.77. The molecule has 2 unspecified atom stereocenters. The number of hydrogen-bond acceptors (Lipinski definition) is 2. The van der Waals surface area contributed by atoms with Gasteiger partial charge in [0.05, 0.1) is 0 Å². The molecule has 1 saturated heterocycles. The Bertz CT molecular complexity index is 352. The third-order valence-corrected chi connectivity index (χ3v) is 3.87. The minimum atomic E-state index is 0.0587. The SMILES string of the molecule is Cc1ccc(C(C)CCCOC2CCCCO2)cc1. The van der Waals surface area contributed by atoms with Gasteiger partial charge in [0.1, 0.15) is 0 Å². The molecular formula is C17H26O2. The smallest absolute Gasteiger partial charge is 0.157 e. The van der Waals surface area contributed by atoms with Crippen LogP contribution in [0.4, 0.5) is 0 Å². The average molecular weight is 262 g/mol. The molecule has 2 atom stereocenters. The third kappa shape index (κ3) is 4.96. The topological polar surface area (TPSA) is 18.5 Å². The number of benzene rings is 1. The van der Waals surface area contributed by atoms with E-state index in [1.54, 1.807) is 0 Å². The van der Waals surface area contributed by atoms with Crippen LogP contribution in [0.5, 0.6) is 0 Å². The van der Waals surface area contributed by atoms with Crippen molar-refractivity contribution in [3.05, 3.63) is 35.4 Å². The Balaban J connectivity index is 1.63. The van der Waals surface area contributed by atoms with Crippen molar-refractivity contribution in [3.63, 3.8) is 0 Å². The van der Waals surface area contributed by atoms with Gasteiger partial charge in [0.2, 0.25) is 0 Å². The van der Waals surface area contributed by atoms with Crippen LogP contribution in [0.2, 0.25) is 0 Å². The Morgan fingerprint density at radius 1 is 1.26 bits per heavy atom. The molecule has 1 aromatic rings. The van der Waals surface area contributed by atoms with E-state index < -0.39 is 0 Å². The van der Waals surface area contributed by atoms with Crippen molar-refractivity contribution in [2.24, 2.45) is 0 Å². The molecule has 2 rings (SSSR count). The van der Waals surface area contributed by atoms with Crippen molar-refractivity contribution in [2.45, 2.75) is 58.2 Å². The van der Waals surface area contributed by atoms with Crippen molar-refractivity contribution in [3.8, 4) is 0 Å². The predicted molar refractivity (Wildman–Crippen MR) is 78.4 cm³/mol. The number of hydrogen-bond donors (Lipinski definition) is 0. The lowest BCUT2D eigenvalue weighted by Crippen LogP contribution is -2.22. The van der Waals surface area contributed by atoms with Gasteiger partial charge < -0.3 is 9.47 Å². The molecule has 0 bridgehead atoms. The second kappa shape index (κ2) is 7.66. The summed E-state index contributed by atoms with van der Waals surface area (Å²) in [5, 5.41) is 0. The summed E-state index contributed by atoms with van der Waals surface area (Å²) in [6.45, 7) is 6.11. The van der Waals surface area contributed by atoms with E-state index in [2.05, 4.69) is 38.1 Å². The molecule has 0 radical (unpaired) electrons. The zero-order chi connectivity index (χ0) is 13.5. The van der Waals surface area contributed by atoms with Crippen molar-refractivity contribution in [2.75, 3.05) is 13.2 Å². The Morgan fingerprint density at radius 2 is 2.05 bits per heavy atom. The van der Waals surface area contributed by atoms with Gasteiger partial charge in [-0.15, -0.1) is 0 Å². The summed E-state index contributed by atoms with van der Waals surface area (Å²) >= 11 is 0. The summed E-state index contributed by atoms with van der Waals surface area (Å²) in [5.41, 5.74) is 2.76. The summed E-state index contributed by atoms with van der Waals surface area (Å²) in [7, 11) is 0. The minimum absolute atomic E-state index is 0.0587. The van der Waals surface area contributed by atoms with Crippen molar-refractivity contribution >= 4 is 0 Å². The number of ether oxygens (including phenoxy) is 2. The molecule has 0 aromatic heterocycles. The van der Waals surface area contributed by atoms with Gasteiger partial charge in [-0.1, -0.05) is 36.8 Å². The Kier molecular flexibility index (Phi) is 5.87. The van der Waals surface area contributed by atoms with Gasteiger partial charge in [0.25, 0.3) is 0 Å². The van der Waals surface area contributed by atoms with Crippen LogP contribution in [-0.4, -0.2) is 19.5 Å². The zero-order valence-electron chi connectivity index (χ0n) is 12.2. The van der Waals surface area contributed by atoms with Gasteiger partial charge in [0.15, 0.2) is 6.29 Å². The molecule has 0 saturated carbocycles.